The first-order valence-corrected chi connectivity index (χ1v) is 7.15. The molecular weight excluding hydrogens is 257 g/mol. The van der Waals surface area contributed by atoms with E-state index in [4.69, 9.17) is 10.5 Å². The van der Waals surface area contributed by atoms with Crippen molar-refractivity contribution in [3.05, 3.63) is 17.9 Å². The molecule has 0 aliphatic carbocycles. The second-order valence-corrected chi connectivity index (χ2v) is 5.35. The van der Waals surface area contributed by atoms with Crippen LogP contribution in [0.1, 0.15) is 19.8 Å². The van der Waals surface area contributed by atoms with Gasteiger partial charge in [0, 0.05) is 31.8 Å². The van der Waals surface area contributed by atoms with E-state index in [1.807, 2.05) is 7.05 Å². The van der Waals surface area contributed by atoms with Gasteiger partial charge < -0.3 is 15.4 Å². The summed E-state index contributed by atoms with van der Waals surface area (Å²) in [5, 5.41) is 0. The minimum atomic E-state index is -0.418. The Morgan fingerprint density at radius 3 is 2.90 bits per heavy atom. The van der Waals surface area contributed by atoms with Gasteiger partial charge in [-0.25, -0.2) is 4.39 Å². The molecule has 1 fully saturated rings. The SMILES string of the molecule is CCN1CCCC1CN(C)c1cc(OC)c(F)cc1N. The smallest absolute Gasteiger partial charge is 0.167 e. The maximum Gasteiger partial charge on any atom is 0.167 e. The molecule has 1 heterocycles. The number of halogens is 1. The third kappa shape index (κ3) is 2.98. The molecule has 0 saturated carbocycles. The normalized spacial score (nSPS) is 19.3. The van der Waals surface area contributed by atoms with Gasteiger partial charge in [0.2, 0.25) is 0 Å². The number of anilines is 2. The van der Waals surface area contributed by atoms with Gasteiger partial charge in [-0.1, -0.05) is 6.92 Å². The molecule has 112 valence electrons. The number of likely N-dealkylation sites (N-methyl/N-ethyl adjacent to an activating group) is 2. The van der Waals surface area contributed by atoms with Gasteiger partial charge >= 0.3 is 0 Å². The van der Waals surface area contributed by atoms with Gasteiger partial charge in [0.05, 0.1) is 18.5 Å². The highest BCUT2D eigenvalue weighted by Gasteiger charge is 2.25. The number of likely N-dealkylation sites (tertiary alicyclic amines) is 1. The highest BCUT2D eigenvalue weighted by Crippen LogP contribution is 2.31. The van der Waals surface area contributed by atoms with E-state index < -0.39 is 5.82 Å². The zero-order chi connectivity index (χ0) is 14.7. The van der Waals surface area contributed by atoms with Gasteiger partial charge in [-0.15, -0.1) is 0 Å². The molecule has 1 aliphatic rings. The van der Waals surface area contributed by atoms with Crippen LogP contribution in [-0.4, -0.2) is 44.7 Å². The van der Waals surface area contributed by atoms with E-state index >= 15 is 0 Å². The molecule has 1 atom stereocenters. The lowest BCUT2D eigenvalue weighted by molar-refractivity contribution is 0.270. The molecule has 1 saturated heterocycles. The van der Waals surface area contributed by atoms with Crippen LogP contribution in [0.5, 0.6) is 5.75 Å². The summed E-state index contributed by atoms with van der Waals surface area (Å²) in [6.07, 6.45) is 2.45. The molecule has 0 aromatic heterocycles. The van der Waals surface area contributed by atoms with Crippen molar-refractivity contribution in [3.8, 4) is 5.75 Å². The van der Waals surface area contributed by atoms with E-state index in [1.165, 1.54) is 26.0 Å². The lowest BCUT2D eigenvalue weighted by atomic mass is 10.1. The molecule has 1 unspecified atom stereocenters. The fourth-order valence-corrected chi connectivity index (χ4v) is 2.98. The highest BCUT2D eigenvalue weighted by atomic mass is 19.1. The van der Waals surface area contributed by atoms with Crippen LogP contribution in [0.4, 0.5) is 15.8 Å². The van der Waals surface area contributed by atoms with Crippen molar-refractivity contribution in [2.24, 2.45) is 0 Å². The lowest BCUT2D eigenvalue weighted by Crippen LogP contribution is -2.39. The van der Waals surface area contributed by atoms with Crippen molar-refractivity contribution in [1.82, 2.24) is 4.90 Å². The topological polar surface area (TPSA) is 41.7 Å². The number of hydrogen-bond acceptors (Lipinski definition) is 4. The molecule has 0 amide bonds. The Balaban J connectivity index is 2.14. The van der Waals surface area contributed by atoms with Crippen LogP contribution in [0.3, 0.4) is 0 Å². The predicted molar refractivity (Wildman–Crippen MR) is 80.9 cm³/mol. The summed E-state index contributed by atoms with van der Waals surface area (Å²) in [5.41, 5.74) is 7.21. The molecule has 1 aromatic carbocycles. The molecule has 2 N–H and O–H groups in total. The Kier molecular flexibility index (Phi) is 4.70. The molecule has 4 nitrogen and oxygen atoms in total. The number of methoxy groups -OCH3 is 1. The van der Waals surface area contributed by atoms with E-state index in [1.54, 1.807) is 6.07 Å². The molecule has 1 aliphatic heterocycles. The van der Waals surface area contributed by atoms with Crippen molar-refractivity contribution in [1.29, 1.82) is 0 Å². The van der Waals surface area contributed by atoms with Gasteiger partial charge in [-0.2, -0.15) is 0 Å². The summed E-state index contributed by atoms with van der Waals surface area (Å²) in [6.45, 7) is 5.32. The number of nitrogens with zero attached hydrogens (tertiary/aromatic N) is 2. The summed E-state index contributed by atoms with van der Waals surface area (Å²) < 4.78 is 18.6. The van der Waals surface area contributed by atoms with Crippen LogP contribution in [0.2, 0.25) is 0 Å². The van der Waals surface area contributed by atoms with Gasteiger partial charge in [0.1, 0.15) is 0 Å². The molecule has 2 rings (SSSR count). The average Bonchev–Trinajstić information content (AvgIpc) is 2.86. The van der Waals surface area contributed by atoms with Gasteiger partial charge in [0.15, 0.2) is 11.6 Å². The molecule has 1 aromatic rings. The first kappa shape index (κ1) is 14.9. The predicted octanol–water partition coefficient (Wildman–Crippen LogP) is 2.34. The van der Waals surface area contributed by atoms with Crippen LogP contribution in [0, 0.1) is 5.82 Å². The lowest BCUT2D eigenvalue weighted by Gasteiger charge is -2.29. The van der Waals surface area contributed by atoms with Crippen molar-refractivity contribution in [2.45, 2.75) is 25.8 Å². The minimum Gasteiger partial charge on any atom is -0.494 e. The fourth-order valence-electron chi connectivity index (χ4n) is 2.98. The van der Waals surface area contributed by atoms with Crippen molar-refractivity contribution < 1.29 is 9.13 Å². The van der Waals surface area contributed by atoms with Gasteiger partial charge in [0.25, 0.3) is 0 Å². The summed E-state index contributed by atoms with van der Waals surface area (Å²) in [5.74, 6) is -0.182. The third-order valence-electron chi connectivity index (χ3n) is 4.10. The van der Waals surface area contributed by atoms with Crippen LogP contribution in [0.25, 0.3) is 0 Å². The highest BCUT2D eigenvalue weighted by molar-refractivity contribution is 5.69. The van der Waals surface area contributed by atoms with Crippen LogP contribution < -0.4 is 15.4 Å². The number of rotatable bonds is 5. The molecule has 0 bridgehead atoms. The Hall–Kier alpha value is -1.49. The van der Waals surface area contributed by atoms with Gasteiger partial charge in [-0.3, -0.25) is 4.90 Å². The van der Waals surface area contributed by atoms with Crippen molar-refractivity contribution in [2.75, 3.05) is 44.4 Å². The Bertz CT molecular complexity index is 467. The van der Waals surface area contributed by atoms with Crippen molar-refractivity contribution >= 4 is 11.4 Å². The number of nitrogen functional groups attached to an aromatic ring is 1. The van der Waals surface area contributed by atoms with Crippen LogP contribution >= 0.6 is 0 Å². The Morgan fingerprint density at radius 1 is 1.50 bits per heavy atom. The fraction of sp³-hybridized carbons (Fsp3) is 0.600. The zero-order valence-corrected chi connectivity index (χ0v) is 12.5. The first-order chi connectivity index (χ1) is 9.56. The number of ether oxygens (including phenoxy) is 1. The number of hydrogen-bond donors (Lipinski definition) is 1. The quantitative estimate of drug-likeness (QED) is 0.841. The molecule has 20 heavy (non-hydrogen) atoms. The largest absolute Gasteiger partial charge is 0.494 e. The molecule has 5 heteroatoms. The monoisotopic (exact) mass is 281 g/mol. The third-order valence-corrected chi connectivity index (χ3v) is 4.10. The summed E-state index contributed by atoms with van der Waals surface area (Å²) >= 11 is 0. The first-order valence-electron chi connectivity index (χ1n) is 7.15. The minimum absolute atomic E-state index is 0.236. The maximum absolute atomic E-state index is 13.6. The summed E-state index contributed by atoms with van der Waals surface area (Å²) in [6, 6.07) is 3.55. The van der Waals surface area contributed by atoms with E-state index in [9.17, 15) is 4.39 Å². The number of benzene rings is 1. The summed E-state index contributed by atoms with van der Waals surface area (Å²) in [4.78, 5) is 4.57. The Morgan fingerprint density at radius 2 is 2.25 bits per heavy atom. The zero-order valence-electron chi connectivity index (χ0n) is 12.5. The van der Waals surface area contributed by atoms with Crippen LogP contribution in [-0.2, 0) is 0 Å². The van der Waals surface area contributed by atoms with Crippen LogP contribution in [0.15, 0.2) is 12.1 Å². The number of nitrogens with two attached hydrogens (primary N) is 1. The Labute approximate surface area is 120 Å². The van der Waals surface area contributed by atoms with E-state index in [0.717, 1.165) is 25.3 Å². The van der Waals surface area contributed by atoms with Gasteiger partial charge in [-0.05, 0) is 25.9 Å². The van der Waals surface area contributed by atoms with E-state index in [0.29, 0.717) is 11.7 Å². The molecule has 0 radical (unpaired) electrons. The van der Waals surface area contributed by atoms with E-state index in [-0.39, 0.29) is 5.75 Å². The molecule has 0 spiro atoms. The second-order valence-electron chi connectivity index (χ2n) is 5.35. The van der Waals surface area contributed by atoms with Crippen molar-refractivity contribution in [3.63, 3.8) is 0 Å². The van der Waals surface area contributed by atoms with E-state index in [2.05, 4.69) is 16.7 Å². The second kappa shape index (κ2) is 6.31. The maximum atomic E-state index is 13.6. The molecular formula is C15H24FN3O. The average molecular weight is 281 g/mol. The summed E-state index contributed by atoms with van der Waals surface area (Å²) in [7, 11) is 3.46. The standard InChI is InChI=1S/C15H24FN3O/c1-4-19-7-5-6-11(19)10-18(2)14-9-15(20-3)12(16)8-13(14)17/h8-9,11H,4-7,10,17H2,1-3H3.